The molecule has 134 valence electrons. The highest BCUT2D eigenvalue weighted by Crippen LogP contribution is 2.34. The van der Waals surface area contributed by atoms with Crippen molar-refractivity contribution in [3.8, 4) is 0 Å². The van der Waals surface area contributed by atoms with Gasteiger partial charge in [0.25, 0.3) is 0 Å². The Hall–Kier alpha value is -3.00. The van der Waals surface area contributed by atoms with E-state index in [0.29, 0.717) is 28.4 Å². The average molecular weight is 353 g/mol. The fraction of sp³-hybridized carbons (Fsp3) is 0.333. The number of carboxylic acids is 1. The second kappa shape index (κ2) is 6.72. The molecule has 8 nitrogen and oxygen atoms in total. The smallest absolute Gasteiger partial charge is 0.352 e. The van der Waals surface area contributed by atoms with Gasteiger partial charge in [0.15, 0.2) is 0 Å². The predicted molar refractivity (Wildman–Crippen MR) is 95.4 cm³/mol. The van der Waals surface area contributed by atoms with Crippen LogP contribution in [0.5, 0.6) is 0 Å². The first kappa shape index (κ1) is 16.5. The summed E-state index contributed by atoms with van der Waals surface area (Å²) >= 11 is 0. The Morgan fingerprint density at radius 1 is 1.23 bits per heavy atom. The highest BCUT2D eigenvalue weighted by atomic mass is 16.4. The molecule has 0 aromatic carbocycles. The largest absolute Gasteiger partial charge is 0.477 e. The average Bonchev–Trinajstić information content (AvgIpc) is 3.29. The van der Waals surface area contributed by atoms with E-state index in [2.05, 4.69) is 20.3 Å². The van der Waals surface area contributed by atoms with Gasteiger partial charge in [-0.2, -0.15) is 4.98 Å². The molecule has 3 heterocycles. The van der Waals surface area contributed by atoms with Gasteiger partial charge >= 0.3 is 5.97 Å². The number of hydrogen-bond donors (Lipinski definition) is 3. The number of aromatic nitrogens is 4. The number of nitrogens with zero attached hydrogens (tertiary/aromatic N) is 4. The third-order valence-electron chi connectivity index (χ3n) is 4.73. The molecule has 3 aromatic rings. The molecule has 8 heteroatoms. The van der Waals surface area contributed by atoms with E-state index in [1.807, 2.05) is 4.57 Å². The third-order valence-corrected chi connectivity index (χ3v) is 4.73. The molecule has 1 aliphatic carbocycles. The van der Waals surface area contributed by atoms with Crippen LogP contribution >= 0.6 is 0 Å². The number of anilines is 2. The summed E-state index contributed by atoms with van der Waals surface area (Å²) in [5, 5.41) is 22.4. The van der Waals surface area contributed by atoms with E-state index in [1.165, 1.54) is 0 Å². The molecule has 3 aromatic heterocycles. The number of rotatable bonds is 5. The summed E-state index contributed by atoms with van der Waals surface area (Å²) in [6.45, 7) is -0.0669. The number of hydrogen-bond acceptors (Lipinski definition) is 6. The number of pyridine rings is 1. The molecule has 0 aliphatic heterocycles. The maximum absolute atomic E-state index is 11.7. The summed E-state index contributed by atoms with van der Waals surface area (Å²) in [6, 6.07) is 5.28. The number of fused-ring (bicyclic) bond motifs is 1. The Labute approximate surface area is 149 Å². The Kier molecular flexibility index (Phi) is 4.26. The SMILES string of the molecule is O=C(O)c1cc2cnc(Nc3ccc(CO)cn3)nc2n1C1CCCC1. The number of aromatic carboxylic acids is 1. The van der Waals surface area contributed by atoms with Crippen LogP contribution in [0.25, 0.3) is 11.0 Å². The standard InChI is InChI=1S/C18H19N5O3/c24-10-11-5-6-15(19-8-11)21-18-20-9-12-7-14(17(25)26)23(16(12)22-18)13-3-1-2-4-13/h5-9,13,24H,1-4,10H2,(H,25,26)(H,19,20,21,22). The van der Waals surface area contributed by atoms with Crippen LogP contribution < -0.4 is 5.32 Å². The zero-order chi connectivity index (χ0) is 18.1. The van der Waals surface area contributed by atoms with Crippen molar-refractivity contribution in [1.82, 2.24) is 19.5 Å². The lowest BCUT2D eigenvalue weighted by Gasteiger charge is -2.15. The van der Waals surface area contributed by atoms with Crippen LogP contribution in [0.2, 0.25) is 0 Å². The molecular weight excluding hydrogens is 334 g/mol. The minimum absolute atomic E-state index is 0.0669. The van der Waals surface area contributed by atoms with E-state index in [4.69, 9.17) is 5.11 Å². The van der Waals surface area contributed by atoms with Gasteiger partial charge in [-0.25, -0.2) is 14.8 Å². The Bertz CT molecular complexity index is 945. The first-order chi connectivity index (χ1) is 12.7. The maximum Gasteiger partial charge on any atom is 0.352 e. The molecule has 0 unspecified atom stereocenters. The number of nitrogens with one attached hydrogen (secondary N) is 1. The predicted octanol–water partition coefficient (Wildman–Crippen LogP) is 2.88. The van der Waals surface area contributed by atoms with Crippen molar-refractivity contribution >= 4 is 28.8 Å². The lowest BCUT2D eigenvalue weighted by molar-refractivity contribution is 0.0683. The van der Waals surface area contributed by atoms with Gasteiger partial charge < -0.3 is 20.1 Å². The lowest BCUT2D eigenvalue weighted by Crippen LogP contribution is -2.13. The van der Waals surface area contributed by atoms with Gasteiger partial charge in [-0.1, -0.05) is 18.9 Å². The monoisotopic (exact) mass is 353 g/mol. The van der Waals surface area contributed by atoms with Gasteiger partial charge in [0, 0.05) is 23.8 Å². The number of aliphatic hydroxyl groups excluding tert-OH is 1. The van der Waals surface area contributed by atoms with Gasteiger partial charge in [-0.05, 0) is 30.5 Å². The normalized spacial score (nSPS) is 14.8. The quantitative estimate of drug-likeness (QED) is 0.646. The van der Waals surface area contributed by atoms with E-state index in [0.717, 1.165) is 25.7 Å². The molecular formula is C18H19N5O3. The van der Waals surface area contributed by atoms with Crippen LogP contribution in [-0.4, -0.2) is 35.7 Å². The second-order valence-electron chi connectivity index (χ2n) is 6.45. The van der Waals surface area contributed by atoms with Crippen molar-refractivity contribution in [2.75, 3.05) is 5.32 Å². The Morgan fingerprint density at radius 2 is 2.04 bits per heavy atom. The molecule has 3 N–H and O–H groups in total. The lowest BCUT2D eigenvalue weighted by atomic mass is 10.2. The highest BCUT2D eigenvalue weighted by molar-refractivity contribution is 5.93. The van der Waals surface area contributed by atoms with Crippen LogP contribution in [0.4, 0.5) is 11.8 Å². The molecule has 26 heavy (non-hydrogen) atoms. The zero-order valence-electron chi connectivity index (χ0n) is 14.1. The Balaban J connectivity index is 1.72. The van der Waals surface area contributed by atoms with E-state index in [-0.39, 0.29) is 18.3 Å². The fourth-order valence-electron chi connectivity index (χ4n) is 3.47. The molecule has 0 spiro atoms. The number of carboxylic acid groups (broad SMARTS) is 1. The van der Waals surface area contributed by atoms with Gasteiger partial charge in [-0.15, -0.1) is 0 Å². The summed E-state index contributed by atoms with van der Waals surface area (Å²) in [4.78, 5) is 24.7. The van der Waals surface area contributed by atoms with E-state index < -0.39 is 5.97 Å². The van der Waals surface area contributed by atoms with Crippen LogP contribution in [0.15, 0.2) is 30.6 Å². The molecule has 0 atom stereocenters. The minimum Gasteiger partial charge on any atom is -0.477 e. The van der Waals surface area contributed by atoms with E-state index >= 15 is 0 Å². The molecule has 0 amide bonds. The molecule has 0 radical (unpaired) electrons. The number of carbonyl (C=O) groups is 1. The summed E-state index contributed by atoms with van der Waals surface area (Å²) in [5.74, 6) is -0.0410. The van der Waals surface area contributed by atoms with Crippen LogP contribution in [-0.2, 0) is 6.61 Å². The highest BCUT2D eigenvalue weighted by Gasteiger charge is 2.25. The van der Waals surface area contributed by atoms with Gasteiger partial charge in [0.05, 0.1) is 6.61 Å². The van der Waals surface area contributed by atoms with Gasteiger partial charge in [0.1, 0.15) is 17.2 Å². The number of aliphatic hydroxyl groups is 1. The van der Waals surface area contributed by atoms with Gasteiger partial charge in [-0.3, -0.25) is 0 Å². The third kappa shape index (κ3) is 2.99. The molecule has 0 bridgehead atoms. The maximum atomic E-state index is 11.7. The topological polar surface area (TPSA) is 113 Å². The molecule has 1 saturated carbocycles. The zero-order valence-corrected chi connectivity index (χ0v) is 14.1. The van der Waals surface area contributed by atoms with E-state index in [9.17, 15) is 9.90 Å². The van der Waals surface area contributed by atoms with Crippen molar-refractivity contribution in [2.24, 2.45) is 0 Å². The van der Waals surface area contributed by atoms with Crippen molar-refractivity contribution in [3.05, 3.63) is 41.9 Å². The summed E-state index contributed by atoms with van der Waals surface area (Å²) < 4.78 is 1.83. The van der Waals surface area contributed by atoms with Crippen molar-refractivity contribution in [3.63, 3.8) is 0 Å². The second-order valence-corrected chi connectivity index (χ2v) is 6.45. The van der Waals surface area contributed by atoms with Gasteiger partial charge in [0.2, 0.25) is 5.95 Å². The fourth-order valence-corrected chi connectivity index (χ4v) is 3.47. The first-order valence-electron chi connectivity index (χ1n) is 8.60. The summed E-state index contributed by atoms with van der Waals surface area (Å²) in [5.41, 5.74) is 1.59. The molecule has 1 fully saturated rings. The molecule has 0 saturated heterocycles. The van der Waals surface area contributed by atoms with Crippen LogP contribution in [0, 0.1) is 0 Å². The van der Waals surface area contributed by atoms with Crippen LogP contribution in [0.1, 0.15) is 47.8 Å². The summed E-state index contributed by atoms with van der Waals surface area (Å²) in [6.07, 6.45) is 7.32. The molecule has 4 rings (SSSR count). The van der Waals surface area contributed by atoms with E-state index in [1.54, 1.807) is 30.6 Å². The Morgan fingerprint density at radius 3 is 2.69 bits per heavy atom. The van der Waals surface area contributed by atoms with Crippen LogP contribution in [0.3, 0.4) is 0 Å². The van der Waals surface area contributed by atoms with Crippen molar-refractivity contribution in [1.29, 1.82) is 0 Å². The van der Waals surface area contributed by atoms with Crippen molar-refractivity contribution < 1.29 is 15.0 Å². The van der Waals surface area contributed by atoms with Crippen molar-refractivity contribution in [2.45, 2.75) is 38.3 Å². The first-order valence-corrected chi connectivity index (χ1v) is 8.60. The summed E-state index contributed by atoms with van der Waals surface area (Å²) in [7, 11) is 0. The minimum atomic E-state index is -0.953. The molecule has 1 aliphatic rings.